The summed E-state index contributed by atoms with van der Waals surface area (Å²) in [5, 5.41) is 2.46. The molecule has 0 unspecified atom stereocenters. The van der Waals surface area contributed by atoms with Crippen LogP contribution in [0.25, 0.3) is 0 Å². The molecule has 2 aromatic rings. The largest absolute Gasteiger partial charge is 0.416 e. The van der Waals surface area contributed by atoms with Crippen molar-refractivity contribution < 1.29 is 18.0 Å². The van der Waals surface area contributed by atoms with Crippen LogP contribution in [0.3, 0.4) is 0 Å². The molecule has 1 heterocycles. The lowest BCUT2D eigenvalue weighted by Crippen LogP contribution is -2.16. The van der Waals surface area contributed by atoms with E-state index < -0.39 is 17.6 Å². The molecule has 1 amide bonds. The summed E-state index contributed by atoms with van der Waals surface area (Å²) in [7, 11) is 1.67. The van der Waals surface area contributed by atoms with E-state index >= 15 is 0 Å². The highest BCUT2D eigenvalue weighted by Crippen LogP contribution is 2.33. The van der Waals surface area contributed by atoms with Crippen LogP contribution in [0.5, 0.6) is 0 Å². The Kier molecular flexibility index (Phi) is 4.48. The van der Waals surface area contributed by atoms with Crippen LogP contribution in [0.2, 0.25) is 0 Å². The fourth-order valence-corrected chi connectivity index (χ4v) is 2.79. The van der Waals surface area contributed by atoms with Crippen LogP contribution in [-0.4, -0.2) is 10.5 Å². The highest BCUT2D eigenvalue weighted by atomic mass is 79.9. The van der Waals surface area contributed by atoms with Gasteiger partial charge in [-0.05, 0) is 40.2 Å². The molecule has 0 saturated carbocycles. The van der Waals surface area contributed by atoms with E-state index in [2.05, 4.69) is 37.2 Å². The number of nitrogens with zero attached hydrogens (tertiary/aromatic N) is 1. The normalized spacial score (nSPS) is 11.5. The quantitative estimate of drug-likeness (QED) is 0.735. The Morgan fingerprint density at radius 2 is 1.81 bits per heavy atom. The minimum atomic E-state index is -4.47. The third kappa shape index (κ3) is 3.88. The molecular weight excluding hydrogens is 417 g/mol. The SMILES string of the molecule is Cn1cc(Br)cc1C(=O)Nc1cc(Br)cc(C(F)(F)F)c1. The lowest BCUT2D eigenvalue weighted by atomic mass is 10.2. The summed E-state index contributed by atoms with van der Waals surface area (Å²) in [6, 6.07) is 4.83. The minimum Gasteiger partial charge on any atom is -0.345 e. The van der Waals surface area contributed by atoms with Crippen LogP contribution >= 0.6 is 31.9 Å². The molecule has 1 N–H and O–H groups in total. The van der Waals surface area contributed by atoms with E-state index in [9.17, 15) is 18.0 Å². The van der Waals surface area contributed by atoms with Gasteiger partial charge in [0.1, 0.15) is 5.69 Å². The number of anilines is 1. The van der Waals surface area contributed by atoms with Crippen molar-refractivity contribution in [2.24, 2.45) is 7.05 Å². The van der Waals surface area contributed by atoms with Crippen molar-refractivity contribution in [2.45, 2.75) is 6.18 Å². The van der Waals surface area contributed by atoms with E-state index in [1.807, 2.05) is 0 Å². The summed E-state index contributed by atoms with van der Waals surface area (Å²) < 4.78 is 40.7. The Bertz CT molecular complexity index is 695. The molecule has 0 spiro atoms. The number of benzene rings is 1. The monoisotopic (exact) mass is 424 g/mol. The number of hydrogen-bond donors (Lipinski definition) is 1. The number of aryl methyl sites for hydroxylation is 1. The number of nitrogens with one attached hydrogen (secondary N) is 1. The first-order valence-corrected chi connectivity index (χ1v) is 7.26. The van der Waals surface area contributed by atoms with Gasteiger partial charge in [0, 0.05) is 27.9 Å². The Morgan fingerprint density at radius 3 is 2.33 bits per heavy atom. The zero-order chi connectivity index (χ0) is 15.8. The first kappa shape index (κ1) is 16.1. The Morgan fingerprint density at radius 1 is 1.14 bits per heavy atom. The van der Waals surface area contributed by atoms with Crippen LogP contribution in [0.4, 0.5) is 18.9 Å². The summed E-state index contributed by atoms with van der Waals surface area (Å²) in [6.45, 7) is 0. The van der Waals surface area contributed by atoms with Gasteiger partial charge in [-0.15, -0.1) is 0 Å². The fourth-order valence-electron chi connectivity index (χ4n) is 1.77. The second kappa shape index (κ2) is 5.84. The maximum Gasteiger partial charge on any atom is 0.416 e. The van der Waals surface area contributed by atoms with Crippen LogP contribution in [-0.2, 0) is 13.2 Å². The highest BCUT2D eigenvalue weighted by Gasteiger charge is 2.31. The minimum absolute atomic E-state index is 0.0685. The molecule has 21 heavy (non-hydrogen) atoms. The highest BCUT2D eigenvalue weighted by molar-refractivity contribution is 9.10. The van der Waals surface area contributed by atoms with Gasteiger partial charge in [-0.1, -0.05) is 15.9 Å². The molecule has 8 heteroatoms. The third-order valence-corrected chi connectivity index (χ3v) is 3.58. The van der Waals surface area contributed by atoms with E-state index in [0.29, 0.717) is 10.2 Å². The van der Waals surface area contributed by atoms with Gasteiger partial charge in [0.2, 0.25) is 0 Å². The van der Waals surface area contributed by atoms with E-state index in [1.54, 1.807) is 23.9 Å². The number of amides is 1. The van der Waals surface area contributed by atoms with Crippen LogP contribution in [0, 0.1) is 0 Å². The number of rotatable bonds is 2. The third-order valence-electron chi connectivity index (χ3n) is 2.69. The zero-order valence-corrected chi connectivity index (χ0v) is 13.8. The summed E-state index contributed by atoms with van der Waals surface area (Å²) in [5.74, 6) is -0.491. The molecule has 0 saturated heterocycles. The van der Waals surface area contributed by atoms with Gasteiger partial charge >= 0.3 is 6.18 Å². The average Bonchev–Trinajstić information content (AvgIpc) is 2.66. The average molecular weight is 426 g/mol. The Labute approximate surface area is 135 Å². The van der Waals surface area contributed by atoms with Crippen molar-refractivity contribution in [1.29, 1.82) is 0 Å². The molecular formula is C13H9Br2F3N2O. The van der Waals surface area contributed by atoms with E-state index in [1.165, 1.54) is 6.07 Å². The molecule has 1 aromatic heterocycles. The van der Waals surface area contributed by atoms with Gasteiger partial charge in [-0.25, -0.2) is 0 Å². The van der Waals surface area contributed by atoms with Crippen molar-refractivity contribution in [3.63, 3.8) is 0 Å². The summed E-state index contributed by atoms with van der Waals surface area (Å²) in [4.78, 5) is 12.1. The molecule has 3 nitrogen and oxygen atoms in total. The topological polar surface area (TPSA) is 34.0 Å². The smallest absolute Gasteiger partial charge is 0.345 e. The first-order valence-electron chi connectivity index (χ1n) is 5.68. The van der Waals surface area contributed by atoms with E-state index in [-0.39, 0.29) is 10.2 Å². The molecule has 1 aromatic carbocycles. The molecule has 0 aliphatic heterocycles. The predicted octanol–water partition coefficient (Wildman–Crippen LogP) is 4.82. The second-order valence-corrected chi connectivity index (χ2v) is 6.17. The molecule has 0 bridgehead atoms. The van der Waals surface area contributed by atoms with Gasteiger partial charge in [-0.3, -0.25) is 4.79 Å². The first-order chi connectivity index (χ1) is 9.66. The number of alkyl halides is 3. The molecule has 0 radical (unpaired) electrons. The molecule has 2 rings (SSSR count). The lowest BCUT2D eigenvalue weighted by molar-refractivity contribution is -0.137. The molecule has 112 valence electrons. The Balaban J connectivity index is 2.29. The maximum atomic E-state index is 12.7. The van der Waals surface area contributed by atoms with Crippen LogP contribution in [0.15, 0.2) is 39.4 Å². The van der Waals surface area contributed by atoms with Gasteiger partial charge in [-0.2, -0.15) is 13.2 Å². The van der Waals surface area contributed by atoms with Gasteiger partial charge in [0.15, 0.2) is 0 Å². The van der Waals surface area contributed by atoms with Crippen molar-refractivity contribution >= 4 is 43.5 Å². The molecule has 0 fully saturated rings. The molecule has 0 aliphatic rings. The van der Waals surface area contributed by atoms with Crippen LogP contribution in [0.1, 0.15) is 16.1 Å². The van der Waals surface area contributed by atoms with Crippen molar-refractivity contribution in [1.82, 2.24) is 4.57 Å². The molecule has 0 aliphatic carbocycles. The fraction of sp³-hybridized carbons (Fsp3) is 0.154. The van der Waals surface area contributed by atoms with Crippen molar-refractivity contribution in [3.05, 3.63) is 50.7 Å². The number of hydrogen-bond acceptors (Lipinski definition) is 1. The summed E-state index contributed by atoms with van der Waals surface area (Å²) in [5.41, 5.74) is -0.435. The van der Waals surface area contributed by atoms with Crippen LogP contribution < -0.4 is 5.32 Å². The van der Waals surface area contributed by atoms with Crippen molar-refractivity contribution in [3.8, 4) is 0 Å². The number of halogens is 5. The van der Waals surface area contributed by atoms with Crippen molar-refractivity contribution in [2.75, 3.05) is 5.32 Å². The predicted molar refractivity (Wildman–Crippen MR) is 80.2 cm³/mol. The number of aromatic nitrogens is 1. The number of carbonyl (C=O) groups is 1. The summed E-state index contributed by atoms with van der Waals surface area (Å²) in [6.07, 6.45) is -2.80. The van der Waals surface area contributed by atoms with Gasteiger partial charge in [0.25, 0.3) is 5.91 Å². The lowest BCUT2D eigenvalue weighted by Gasteiger charge is -2.11. The molecule has 0 atom stereocenters. The Hall–Kier alpha value is -1.28. The standard InChI is InChI=1S/C13H9Br2F3N2O/c1-20-6-9(15)5-11(20)12(21)19-10-3-7(13(16,17)18)2-8(14)4-10/h2-6H,1H3,(H,19,21). The van der Waals surface area contributed by atoms with Gasteiger partial charge < -0.3 is 9.88 Å². The number of carbonyl (C=O) groups excluding carboxylic acids is 1. The second-order valence-electron chi connectivity index (χ2n) is 4.33. The zero-order valence-electron chi connectivity index (χ0n) is 10.6. The van der Waals surface area contributed by atoms with Gasteiger partial charge in [0.05, 0.1) is 5.56 Å². The maximum absolute atomic E-state index is 12.7. The van der Waals surface area contributed by atoms with E-state index in [4.69, 9.17) is 0 Å². The summed E-state index contributed by atoms with van der Waals surface area (Å²) >= 11 is 6.24. The van der Waals surface area contributed by atoms with E-state index in [0.717, 1.165) is 12.1 Å².